The third-order valence-corrected chi connectivity index (χ3v) is 3.30. The first-order valence-corrected chi connectivity index (χ1v) is 6.58. The fourth-order valence-electron chi connectivity index (χ4n) is 2.07. The molecular formula is C15H25NO2. The maximum Gasteiger partial charge on any atom is 0.124 e. The predicted octanol–water partition coefficient (Wildman–Crippen LogP) is 2.71. The Balaban J connectivity index is 2.61. The highest BCUT2D eigenvalue weighted by atomic mass is 16.5. The van der Waals surface area contributed by atoms with Crippen LogP contribution in [0.4, 0.5) is 0 Å². The van der Waals surface area contributed by atoms with Crippen molar-refractivity contribution in [1.82, 2.24) is 4.90 Å². The van der Waals surface area contributed by atoms with Crippen LogP contribution in [0.1, 0.15) is 31.9 Å². The molecular weight excluding hydrogens is 226 g/mol. The van der Waals surface area contributed by atoms with Gasteiger partial charge in [-0.15, -0.1) is 0 Å². The lowest BCUT2D eigenvalue weighted by Crippen LogP contribution is -2.29. The lowest BCUT2D eigenvalue weighted by molar-refractivity contribution is 0.117. The van der Waals surface area contributed by atoms with Gasteiger partial charge >= 0.3 is 0 Å². The smallest absolute Gasteiger partial charge is 0.124 e. The van der Waals surface area contributed by atoms with Crippen LogP contribution in [0.3, 0.4) is 0 Å². The van der Waals surface area contributed by atoms with E-state index in [0.29, 0.717) is 12.5 Å². The first-order valence-electron chi connectivity index (χ1n) is 6.58. The maximum atomic E-state index is 10.3. The van der Waals surface area contributed by atoms with Crippen LogP contribution in [-0.2, 0) is 0 Å². The van der Waals surface area contributed by atoms with Crippen LogP contribution in [0.2, 0.25) is 0 Å². The third kappa shape index (κ3) is 4.31. The van der Waals surface area contributed by atoms with E-state index >= 15 is 0 Å². The molecule has 0 bridgehead atoms. The Hall–Kier alpha value is -1.06. The summed E-state index contributed by atoms with van der Waals surface area (Å²) in [4.78, 5) is 2.17. The van der Waals surface area contributed by atoms with Gasteiger partial charge in [0, 0.05) is 18.7 Å². The van der Waals surface area contributed by atoms with Crippen LogP contribution in [0.5, 0.6) is 5.75 Å². The summed E-state index contributed by atoms with van der Waals surface area (Å²) in [6, 6.07) is 7.64. The minimum atomic E-state index is -0.504. The molecule has 0 aliphatic carbocycles. The number of likely N-dealkylation sites (N-methyl/N-ethyl adjacent to an activating group) is 1. The zero-order valence-corrected chi connectivity index (χ0v) is 11.9. The highest BCUT2D eigenvalue weighted by Gasteiger charge is 2.15. The van der Waals surface area contributed by atoms with Crippen molar-refractivity contribution in [2.45, 2.75) is 26.4 Å². The zero-order valence-electron chi connectivity index (χ0n) is 11.9. The van der Waals surface area contributed by atoms with Crippen LogP contribution < -0.4 is 4.74 Å². The van der Waals surface area contributed by atoms with Crippen molar-refractivity contribution in [3.8, 4) is 5.75 Å². The molecule has 2 atom stereocenters. The lowest BCUT2D eigenvalue weighted by atomic mass is 10.1. The van der Waals surface area contributed by atoms with Gasteiger partial charge in [0.15, 0.2) is 0 Å². The Morgan fingerprint density at radius 2 is 1.94 bits per heavy atom. The van der Waals surface area contributed by atoms with Crippen LogP contribution in [0, 0.1) is 5.92 Å². The Morgan fingerprint density at radius 1 is 1.28 bits per heavy atom. The average molecular weight is 251 g/mol. The summed E-state index contributed by atoms with van der Waals surface area (Å²) in [6.45, 7) is 6.05. The molecule has 0 amide bonds. The van der Waals surface area contributed by atoms with Gasteiger partial charge < -0.3 is 14.7 Å². The van der Waals surface area contributed by atoms with Crippen molar-refractivity contribution in [3.63, 3.8) is 0 Å². The molecule has 102 valence electrons. The highest BCUT2D eigenvalue weighted by Crippen LogP contribution is 2.25. The van der Waals surface area contributed by atoms with E-state index in [4.69, 9.17) is 4.74 Å². The summed E-state index contributed by atoms with van der Waals surface area (Å²) in [5.41, 5.74) is 0.857. The Labute approximate surface area is 110 Å². The largest absolute Gasteiger partial charge is 0.496 e. The monoisotopic (exact) mass is 251 g/mol. The number of nitrogens with zero attached hydrogens (tertiary/aromatic N) is 1. The second-order valence-electron chi connectivity index (χ2n) is 4.99. The number of methoxy groups -OCH3 is 1. The normalized spacial score (nSPS) is 14.6. The Kier molecular flexibility index (Phi) is 6.16. The number of hydrogen-bond acceptors (Lipinski definition) is 3. The van der Waals surface area contributed by atoms with Crippen molar-refractivity contribution in [1.29, 1.82) is 0 Å². The molecule has 0 heterocycles. The summed E-state index contributed by atoms with van der Waals surface area (Å²) in [5.74, 6) is 1.40. The van der Waals surface area contributed by atoms with Crippen molar-refractivity contribution in [2.75, 3.05) is 27.2 Å². The number of para-hydroxylation sites is 1. The maximum absolute atomic E-state index is 10.3. The van der Waals surface area contributed by atoms with Crippen molar-refractivity contribution >= 4 is 0 Å². The van der Waals surface area contributed by atoms with E-state index in [-0.39, 0.29) is 0 Å². The molecule has 0 fully saturated rings. The van der Waals surface area contributed by atoms with E-state index in [0.717, 1.165) is 24.3 Å². The first kappa shape index (κ1) is 15.0. The lowest BCUT2D eigenvalue weighted by Gasteiger charge is -2.24. The van der Waals surface area contributed by atoms with Gasteiger partial charge in [-0.3, -0.25) is 0 Å². The van der Waals surface area contributed by atoms with Gasteiger partial charge in [0.25, 0.3) is 0 Å². The molecule has 1 aromatic rings. The van der Waals surface area contributed by atoms with E-state index in [1.165, 1.54) is 0 Å². The van der Waals surface area contributed by atoms with Gasteiger partial charge in [-0.25, -0.2) is 0 Å². The number of ether oxygens (including phenoxy) is 1. The van der Waals surface area contributed by atoms with E-state index in [9.17, 15) is 5.11 Å². The van der Waals surface area contributed by atoms with E-state index < -0.39 is 6.10 Å². The number of rotatable bonds is 7. The summed E-state index contributed by atoms with van der Waals surface area (Å²) >= 11 is 0. The van der Waals surface area contributed by atoms with Crippen molar-refractivity contribution in [3.05, 3.63) is 29.8 Å². The second kappa shape index (κ2) is 7.39. The fourth-order valence-corrected chi connectivity index (χ4v) is 2.07. The topological polar surface area (TPSA) is 32.7 Å². The quantitative estimate of drug-likeness (QED) is 0.808. The standard InChI is InChI=1S/C15H25NO2/c1-5-12(2)10-16(3)11-14(17)13-8-6-7-9-15(13)18-4/h6-9,12,14,17H,5,10-11H2,1-4H3. The van der Waals surface area contributed by atoms with Crippen LogP contribution >= 0.6 is 0 Å². The van der Waals surface area contributed by atoms with Gasteiger partial charge in [0.1, 0.15) is 5.75 Å². The molecule has 2 unspecified atom stereocenters. The SMILES string of the molecule is CCC(C)CN(C)CC(O)c1ccccc1OC. The fraction of sp³-hybridized carbons (Fsp3) is 0.600. The number of benzene rings is 1. The van der Waals surface area contributed by atoms with Crippen LogP contribution in [-0.4, -0.2) is 37.3 Å². The van der Waals surface area contributed by atoms with Gasteiger partial charge in [0.05, 0.1) is 13.2 Å². The Morgan fingerprint density at radius 3 is 2.56 bits per heavy atom. The number of aliphatic hydroxyl groups excluding tert-OH is 1. The van der Waals surface area contributed by atoms with Crippen molar-refractivity contribution in [2.24, 2.45) is 5.92 Å². The Bertz CT molecular complexity index is 354. The molecule has 1 N–H and O–H groups in total. The van der Waals surface area contributed by atoms with Gasteiger partial charge in [-0.2, -0.15) is 0 Å². The van der Waals surface area contributed by atoms with Gasteiger partial charge in [-0.05, 0) is 19.0 Å². The van der Waals surface area contributed by atoms with Gasteiger partial charge in [0.2, 0.25) is 0 Å². The molecule has 0 aromatic heterocycles. The molecule has 0 saturated heterocycles. The molecule has 0 aliphatic rings. The molecule has 3 nitrogen and oxygen atoms in total. The predicted molar refractivity (Wildman–Crippen MR) is 74.9 cm³/mol. The molecule has 0 spiro atoms. The summed E-state index contributed by atoms with van der Waals surface area (Å²) in [7, 11) is 3.68. The van der Waals surface area contributed by atoms with Gasteiger partial charge in [-0.1, -0.05) is 38.5 Å². The van der Waals surface area contributed by atoms with Crippen LogP contribution in [0.15, 0.2) is 24.3 Å². The molecule has 0 saturated carbocycles. The van der Waals surface area contributed by atoms with E-state index in [1.54, 1.807) is 7.11 Å². The van der Waals surface area contributed by atoms with E-state index in [2.05, 4.69) is 18.7 Å². The number of hydrogen-bond donors (Lipinski definition) is 1. The molecule has 1 aromatic carbocycles. The van der Waals surface area contributed by atoms with Crippen molar-refractivity contribution < 1.29 is 9.84 Å². The highest BCUT2D eigenvalue weighted by molar-refractivity contribution is 5.35. The average Bonchev–Trinajstić information content (AvgIpc) is 2.38. The minimum Gasteiger partial charge on any atom is -0.496 e. The molecule has 1 rings (SSSR count). The molecule has 0 radical (unpaired) electrons. The number of aliphatic hydroxyl groups is 1. The second-order valence-corrected chi connectivity index (χ2v) is 4.99. The van der Waals surface area contributed by atoms with E-state index in [1.807, 2.05) is 31.3 Å². The summed E-state index contributed by atoms with van der Waals surface area (Å²) in [5, 5.41) is 10.3. The summed E-state index contributed by atoms with van der Waals surface area (Å²) in [6.07, 6.45) is 0.657. The first-order chi connectivity index (χ1) is 8.58. The zero-order chi connectivity index (χ0) is 13.5. The third-order valence-electron chi connectivity index (χ3n) is 3.30. The molecule has 3 heteroatoms. The molecule has 18 heavy (non-hydrogen) atoms. The minimum absolute atomic E-state index is 0.504. The molecule has 0 aliphatic heterocycles. The van der Waals surface area contributed by atoms with Crippen LogP contribution in [0.25, 0.3) is 0 Å². The summed E-state index contributed by atoms with van der Waals surface area (Å²) < 4.78 is 5.27.